The molecule has 1 amide bonds. The molecule has 0 aliphatic carbocycles. The zero-order chi connectivity index (χ0) is 15.1. The van der Waals surface area contributed by atoms with Crippen LogP contribution in [0.5, 0.6) is 0 Å². The molecule has 0 aromatic carbocycles. The largest absolute Gasteiger partial charge is 0.397 e. The van der Waals surface area contributed by atoms with E-state index < -0.39 is 5.91 Å². The minimum absolute atomic E-state index is 0.282. The van der Waals surface area contributed by atoms with Crippen LogP contribution in [-0.2, 0) is 0 Å². The molecule has 0 radical (unpaired) electrons. The fraction of sp³-hybridized carbons (Fsp3) is 0.429. The maximum atomic E-state index is 11.4. The van der Waals surface area contributed by atoms with E-state index in [0.29, 0.717) is 10.6 Å². The molecule has 6 N–H and O–H groups in total. The number of carbonyl (C=O) groups is 1. The van der Waals surface area contributed by atoms with Crippen LogP contribution in [0.2, 0.25) is 0 Å². The minimum atomic E-state index is -0.500. The standard InChI is InChI=1S/C14H19N5OS/c1-7-6-9(19-4-2-8(15)3-5-19)18-14-10(7)11(16)12(21-14)13(17)20/h6,8H,2-5,15-16H2,1H3,(H2,17,20). The Labute approximate surface area is 126 Å². The van der Waals surface area contributed by atoms with Gasteiger partial charge in [0.05, 0.1) is 5.69 Å². The number of pyridine rings is 1. The number of anilines is 2. The summed E-state index contributed by atoms with van der Waals surface area (Å²) in [5, 5.41) is 0.839. The fourth-order valence-electron chi connectivity index (χ4n) is 2.77. The summed E-state index contributed by atoms with van der Waals surface area (Å²) >= 11 is 1.26. The highest BCUT2D eigenvalue weighted by Gasteiger charge is 2.21. The summed E-state index contributed by atoms with van der Waals surface area (Å²) in [6, 6.07) is 2.30. The lowest BCUT2D eigenvalue weighted by Crippen LogP contribution is -2.40. The number of aromatic nitrogens is 1. The monoisotopic (exact) mass is 305 g/mol. The number of amides is 1. The van der Waals surface area contributed by atoms with Crippen LogP contribution in [0.3, 0.4) is 0 Å². The summed E-state index contributed by atoms with van der Waals surface area (Å²) in [4.78, 5) is 19.5. The van der Waals surface area contributed by atoms with E-state index in [0.717, 1.165) is 47.5 Å². The van der Waals surface area contributed by atoms with Gasteiger partial charge in [-0.3, -0.25) is 4.79 Å². The molecule has 3 heterocycles. The summed E-state index contributed by atoms with van der Waals surface area (Å²) in [5.41, 5.74) is 18.8. The summed E-state index contributed by atoms with van der Waals surface area (Å²) in [7, 11) is 0. The van der Waals surface area contributed by atoms with Gasteiger partial charge in [-0.05, 0) is 31.4 Å². The average molecular weight is 305 g/mol. The number of aryl methyl sites for hydroxylation is 1. The second-order valence-electron chi connectivity index (χ2n) is 5.51. The topological polar surface area (TPSA) is 111 Å². The Morgan fingerprint density at radius 2 is 2.10 bits per heavy atom. The Kier molecular flexibility index (Phi) is 3.46. The predicted molar refractivity (Wildman–Crippen MR) is 86.7 cm³/mol. The predicted octanol–water partition coefficient (Wildman–Crippen LogP) is 1.21. The molecule has 0 spiro atoms. The first-order valence-electron chi connectivity index (χ1n) is 6.97. The van der Waals surface area contributed by atoms with E-state index >= 15 is 0 Å². The first-order valence-corrected chi connectivity index (χ1v) is 7.79. The Balaban J connectivity index is 2.05. The second kappa shape index (κ2) is 5.16. The number of nitrogens with two attached hydrogens (primary N) is 3. The highest BCUT2D eigenvalue weighted by molar-refractivity contribution is 7.21. The number of fused-ring (bicyclic) bond motifs is 1. The Bertz CT molecular complexity index is 703. The number of carbonyl (C=O) groups excluding carboxylic acids is 1. The van der Waals surface area contributed by atoms with Gasteiger partial charge in [0.2, 0.25) is 0 Å². The zero-order valence-corrected chi connectivity index (χ0v) is 12.7. The van der Waals surface area contributed by atoms with E-state index in [1.807, 2.05) is 13.0 Å². The van der Waals surface area contributed by atoms with Crippen LogP contribution in [0.4, 0.5) is 11.5 Å². The van der Waals surface area contributed by atoms with Crippen molar-refractivity contribution in [2.45, 2.75) is 25.8 Å². The van der Waals surface area contributed by atoms with Crippen LogP contribution in [-0.4, -0.2) is 30.0 Å². The number of nitrogen functional groups attached to an aromatic ring is 1. The molecule has 1 aliphatic heterocycles. The van der Waals surface area contributed by atoms with Crippen LogP contribution < -0.4 is 22.1 Å². The fourth-order valence-corrected chi connectivity index (χ4v) is 3.79. The Morgan fingerprint density at radius 3 is 2.71 bits per heavy atom. The molecule has 1 fully saturated rings. The van der Waals surface area contributed by atoms with Crippen molar-refractivity contribution in [2.75, 3.05) is 23.7 Å². The summed E-state index contributed by atoms with van der Waals surface area (Å²) < 4.78 is 0. The maximum absolute atomic E-state index is 11.4. The van der Waals surface area contributed by atoms with Crippen LogP contribution in [0.25, 0.3) is 10.2 Å². The van der Waals surface area contributed by atoms with Crippen molar-refractivity contribution >= 4 is 39.0 Å². The summed E-state index contributed by atoms with van der Waals surface area (Å²) in [6.45, 7) is 3.79. The lowest BCUT2D eigenvalue weighted by atomic mass is 10.1. The number of primary amides is 1. The summed E-state index contributed by atoms with van der Waals surface area (Å²) in [5.74, 6) is 0.421. The van der Waals surface area contributed by atoms with E-state index in [-0.39, 0.29) is 6.04 Å². The first kappa shape index (κ1) is 14.1. The molecule has 6 nitrogen and oxygen atoms in total. The third-order valence-electron chi connectivity index (χ3n) is 3.97. The van der Waals surface area contributed by atoms with Crippen molar-refractivity contribution in [3.8, 4) is 0 Å². The van der Waals surface area contributed by atoms with E-state index in [2.05, 4.69) is 9.88 Å². The number of thiophene rings is 1. The molecule has 3 rings (SSSR count). The normalized spacial score (nSPS) is 16.6. The molecular formula is C14H19N5OS. The van der Waals surface area contributed by atoms with Gasteiger partial charge >= 0.3 is 0 Å². The molecule has 0 atom stereocenters. The van der Waals surface area contributed by atoms with Crippen LogP contribution >= 0.6 is 11.3 Å². The number of piperidine rings is 1. The van der Waals surface area contributed by atoms with Gasteiger partial charge in [0.15, 0.2) is 0 Å². The van der Waals surface area contributed by atoms with Crippen molar-refractivity contribution in [3.63, 3.8) is 0 Å². The molecule has 21 heavy (non-hydrogen) atoms. The van der Waals surface area contributed by atoms with Crippen molar-refractivity contribution in [2.24, 2.45) is 11.5 Å². The van der Waals surface area contributed by atoms with Gasteiger partial charge in [-0.15, -0.1) is 11.3 Å². The third-order valence-corrected chi connectivity index (χ3v) is 5.08. The molecule has 2 aromatic rings. The number of hydrogen-bond acceptors (Lipinski definition) is 6. The quantitative estimate of drug-likeness (QED) is 0.772. The molecule has 7 heteroatoms. The van der Waals surface area contributed by atoms with Crippen molar-refractivity contribution < 1.29 is 4.79 Å². The molecule has 2 aromatic heterocycles. The highest BCUT2D eigenvalue weighted by atomic mass is 32.1. The lowest BCUT2D eigenvalue weighted by molar-refractivity contribution is 0.100. The Hall–Kier alpha value is -1.86. The minimum Gasteiger partial charge on any atom is -0.397 e. The second-order valence-corrected chi connectivity index (χ2v) is 6.51. The average Bonchev–Trinajstić information content (AvgIpc) is 2.77. The third kappa shape index (κ3) is 2.43. The van der Waals surface area contributed by atoms with E-state index in [9.17, 15) is 4.79 Å². The highest BCUT2D eigenvalue weighted by Crippen LogP contribution is 2.36. The van der Waals surface area contributed by atoms with Gasteiger partial charge in [-0.1, -0.05) is 0 Å². The van der Waals surface area contributed by atoms with Crippen LogP contribution in [0.1, 0.15) is 28.1 Å². The van der Waals surface area contributed by atoms with E-state index in [4.69, 9.17) is 17.2 Å². The molecule has 0 saturated carbocycles. The summed E-state index contributed by atoms with van der Waals surface area (Å²) in [6.07, 6.45) is 1.94. The van der Waals surface area contributed by atoms with Gasteiger partial charge in [-0.25, -0.2) is 4.98 Å². The van der Waals surface area contributed by atoms with Crippen molar-refractivity contribution in [3.05, 3.63) is 16.5 Å². The van der Waals surface area contributed by atoms with Gasteiger partial charge in [0, 0.05) is 24.5 Å². The molecular weight excluding hydrogens is 286 g/mol. The number of rotatable bonds is 2. The van der Waals surface area contributed by atoms with Gasteiger partial charge in [0.1, 0.15) is 15.5 Å². The number of hydrogen-bond donors (Lipinski definition) is 3. The molecule has 1 saturated heterocycles. The van der Waals surface area contributed by atoms with Crippen LogP contribution in [0, 0.1) is 6.92 Å². The molecule has 1 aliphatic rings. The number of nitrogens with zero attached hydrogens (tertiary/aromatic N) is 2. The molecule has 112 valence electrons. The van der Waals surface area contributed by atoms with Crippen molar-refractivity contribution in [1.29, 1.82) is 0 Å². The molecule has 0 bridgehead atoms. The van der Waals surface area contributed by atoms with Gasteiger partial charge < -0.3 is 22.1 Å². The Morgan fingerprint density at radius 1 is 1.43 bits per heavy atom. The SMILES string of the molecule is Cc1cc(N2CCC(N)CC2)nc2sc(C(N)=O)c(N)c12. The lowest BCUT2D eigenvalue weighted by Gasteiger charge is -2.31. The van der Waals surface area contributed by atoms with Gasteiger partial charge in [0.25, 0.3) is 5.91 Å². The molecule has 0 unspecified atom stereocenters. The smallest absolute Gasteiger partial charge is 0.260 e. The first-order chi connectivity index (χ1) is 9.97. The zero-order valence-electron chi connectivity index (χ0n) is 11.9. The van der Waals surface area contributed by atoms with E-state index in [1.54, 1.807) is 0 Å². The van der Waals surface area contributed by atoms with Crippen molar-refractivity contribution in [1.82, 2.24) is 4.98 Å². The maximum Gasteiger partial charge on any atom is 0.260 e. The van der Waals surface area contributed by atoms with Crippen LogP contribution in [0.15, 0.2) is 6.07 Å². The van der Waals surface area contributed by atoms with E-state index in [1.165, 1.54) is 11.3 Å². The van der Waals surface area contributed by atoms with Gasteiger partial charge in [-0.2, -0.15) is 0 Å².